The highest BCUT2D eigenvalue weighted by molar-refractivity contribution is 7.98. The molecule has 1 amide bonds. The third-order valence-electron chi connectivity index (χ3n) is 7.96. The van der Waals surface area contributed by atoms with E-state index in [0.29, 0.717) is 24.3 Å². The molecule has 0 heterocycles. The molecule has 0 radical (unpaired) electrons. The Labute approximate surface area is 239 Å². The number of carboxylic acids is 1. The second kappa shape index (κ2) is 16.7. The molecule has 0 saturated heterocycles. The van der Waals surface area contributed by atoms with Gasteiger partial charge in [0.25, 0.3) is 5.91 Å². The lowest BCUT2D eigenvalue weighted by Crippen LogP contribution is -2.41. The van der Waals surface area contributed by atoms with Gasteiger partial charge in [0.15, 0.2) is 0 Å². The van der Waals surface area contributed by atoms with E-state index in [1.807, 2.05) is 55.6 Å². The van der Waals surface area contributed by atoms with Crippen molar-refractivity contribution < 1.29 is 19.4 Å². The van der Waals surface area contributed by atoms with Gasteiger partial charge in [-0.05, 0) is 84.9 Å². The van der Waals surface area contributed by atoms with E-state index in [-0.39, 0.29) is 12.0 Å². The van der Waals surface area contributed by atoms with Gasteiger partial charge in [-0.25, -0.2) is 4.79 Å². The molecule has 2 aromatic carbocycles. The highest BCUT2D eigenvalue weighted by Gasteiger charge is 2.23. The summed E-state index contributed by atoms with van der Waals surface area (Å²) in [5, 5.41) is 12.4. The van der Waals surface area contributed by atoms with E-state index in [0.717, 1.165) is 41.0 Å². The average molecular weight is 554 g/mol. The Hall–Kier alpha value is -2.31. The van der Waals surface area contributed by atoms with Crippen molar-refractivity contribution in [3.63, 3.8) is 0 Å². The number of aliphatic carboxylic acids is 1. The summed E-state index contributed by atoms with van der Waals surface area (Å²) in [5.41, 5.74) is 4.37. The van der Waals surface area contributed by atoms with Crippen LogP contribution >= 0.6 is 11.8 Å². The number of unbranched alkanes of at least 4 members (excludes halogenated alkanes) is 1. The number of rotatable bonds is 16. The monoisotopic (exact) mass is 553 g/mol. The van der Waals surface area contributed by atoms with Crippen LogP contribution in [0.25, 0.3) is 11.1 Å². The van der Waals surface area contributed by atoms with Gasteiger partial charge in [-0.3, -0.25) is 4.79 Å². The predicted octanol–water partition coefficient (Wildman–Crippen LogP) is 8.03. The number of nitrogens with one attached hydrogen (secondary N) is 1. The second-order valence-electron chi connectivity index (χ2n) is 11.0. The van der Waals surface area contributed by atoms with Crippen molar-refractivity contribution in [2.24, 2.45) is 5.92 Å². The number of benzene rings is 2. The van der Waals surface area contributed by atoms with Crippen LogP contribution in [0.5, 0.6) is 0 Å². The maximum absolute atomic E-state index is 13.3. The van der Waals surface area contributed by atoms with Crippen LogP contribution in [0.1, 0.15) is 99.0 Å². The zero-order valence-corrected chi connectivity index (χ0v) is 24.9. The Kier molecular flexibility index (Phi) is 13.4. The van der Waals surface area contributed by atoms with Crippen LogP contribution in [0, 0.1) is 12.8 Å². The molecule has 2 aromatic rings. The Morgan fingerprint density at radius 2 is 1.82 bits per heavy atom. The Balaban J connectivity index is 1.78. The smallest absolute Gasteiger partial charge is 0.326 e. The van der Waals surface area contributed by atoms with Gasteiger partial charge in [-0.2, -0.15) is 11.8 Å². The lowest BCUT2D eigenvalue weighted by atomic mass is 9.85. The van der Waals surface area contributed by atoms with Crippen LogP contribution < -0.4 is 5.32 Å². The second-order valence-corrected chi connectivity index (χ2v) is 12.0. The first-order valence-corrected chi connectivity index (χ1v) is 16.1. The van der Waals surface area contributed by atoms with Crippen LogP contribution in [0.4, 0.5) is 0 Å². The molecular weight excluding hydrogens is 506 g/mol. The summed E-state index contributed by atoms with van der Waals surface area (Å²) in [6.45, 7) is 4.77. The predicted molar refractivity (Wildman–Crippen MR) is 162 cm³/mol. The molecule has 2 N–H and O–H groups in total. The first kappa shape index (κ1) is 31.2. The van der Waals surface area contributed by atoms with Gasteiger partial charge < -0.3 is 15.2 Å². The van der Waals surface area contributed by atoms with Gasteiger partial charge in [-0.1, -0.05) is 82.2 Å². The summed E-state index contributed by atoms with van der Waals surface area (Å²) in [5.74, 6) is 0.147. The van der Waals surface area contributed by atoms with Crippen LogP contribution in [0.3, 0.4) is 0 Å². The molecule has 3 rings (SSSR count). The summed E-state index contributed by atoms with van der Waals surface area (Å²) in [6.07, 6.45) is 15.2. The normalized spacial score (nSPS) is 15.6. The largest absolute Gasteiger partial charge is 0.480 e. The van der Waals surface area contributed by atoms with E-state index >= 15 is 0 Å². The molecule has 0 bridgehead atoms. The van der Waals surface area contributed by atoms with Gasteiger partial charge in [0.05, 0.1) is 12.7 Å². The summed E-state index contributed by atoms with van der Waals surface area (Å²) in [4.78, 5) is 25.1. The fourth-order valence-electron chi connectivity index (χ4n) is 5.56. The zero-order chi connectivity index (χ0) is 28.0. The molecule has 214 valence electrons. The van der Waals surface area contributed by atoms with Crippen molar-refractivity contribution in [1.82, 2.24) is 5.32 Å². The van der Waals surface area contributed by atoms with Gasteiger partial charge >= 0.3 is 5.97 Å². The molecule has 1 fully saturated rings. The number of carbonyl (C=O) groups excluding carboxylic acids is 1. The SMILES string of the molecule is CCCCC(CCC1CCCCC1)OCc1ccc(C(=O)N[C@@H](CCSC)C(=O)O)c(-c2ccccc2C)c1. The van der Waals surface area contributed by atoms with Crippen molar-refractivity contribution >= 4 is 23.6 Å². The zero-order valence-electron chi connectivity index (χ0n) is 24.0. The van der Waals surface area contributed by atoms with E-state index in [1.54, 1.807) is 11.8 Å². The standard InChI is InChI=1S/C33H47NO4S/c1-4-5-14-27(18-16-25-12-7-6-8-13-25)38-23-26-17-19-29(30(22-26)28-15-10-9-11-24(28)2)32(35)34-31(33(36)37)20-21-39-3/h9-11,15,17,19,22,25,27,31H,4-8,12-14,16,18,20-21,23H2,1-3H3,(H,34,35)(H,36,37)/t27?,31-/m0/s1. The molecule has 1 aliphatic carbocycles. The molecule has 39 heavy (non-hydrogen) atoms. The molecule has 0 aliphatic heterocycles. The first-order valence-electron chi connectivity index (χ1n) is 14.8. The van der Waals surface area contributed by atoms with Crippen molar-refractivity contribution in [3.05, 3.63) is 59.2 Å². The number of thioether (sulfide) groups is 1. The van der Waals surface area contributed by atoms with Gasteiger partial charge in [0.1, 0.15) is 6.04 Å². The fraction of sp³-hybridized carbons (Fsp3) is 0.576. The molecule has 0 aromatic heterocycles. The van der Waals surface area contributed by atoms with Crippen molar-refractivity contribution in [3.8, 4) is 11.1 Å². The van der Waals surface area contributed by atoms with Crippen molar-refractivity contribution in [2.45, 2.75) is 103 Å². The molecule has 0 spiro atoms. The molecular formula is C33H47NO4S. The van der Waals surface area contributed by atoms with E-state index in [1.165, 1.54) is 51.4 Å². The minimum Gasteiger partial charge on any atom is -0.480 e. The third-order valence-corrected chi connectivity index (χ3v) is 8.61. The van der Waals surface area contributed by atoms with E-state index < -0.39 is 12.0 Å². The number of aryl methyl sites for hydroxylation is 1. The molecule has 1 unspecified atom stereocenters. The maximum Gasteiger partial charge on any atom is 0.326 e. The Bertz CT molecular complexity index is 1050. The minimum atomic E-state index is -1.01. The number of hydrogen-bond donors (Lipinski definition) is 2. The van der Waals surface area contributed by atoms with Crippen molar-refractivity contribution in [2.75, 3.05) is 12.0 Å². The third kappa shape index (κ3) is 9.99. The summed E-state index contributed by atoms with van der Waals surface area (Å²) >= 11 is 1.57. The van der Waals surface area contributed by atoms with Crippen molar-refractivity contribution in [1.29, 1.82) is 0 Å². The Morgan fingerprint density at radius 3 is 2.51 bits per heavy atom. The number of carboxylic acid groups (broad SMARTS) is 1. The average Bonchev–Trinajstić information content (AvgIpc) is 2.95. The molecule has 5 nitrogen and oxygen atoms in total. The Morgan fingerprint density at radius 1 is 1.05 bits per heavy atom. The highest BCUT2D eigenvalue weighted by atomic mass is 32.2. The minimum absolute atomic E-state index is 0.254. The van der Waals surface area contributed by atoms with E-state index in [9.17, 15) is 14.7 Å². The number of ether oxygens (including phenoxy) is 1. The van der Waals surface area contributed by atoms with Gasteiger partial charge in [0, 0.05) is 5.56 Å². The lowest BCUT2D eigenvalue weighted by Gasteiger charge is -2.25. The first-order chi connectivity index (χ1) is 18.9. The molecule has 2 atom stereocenters. The summed E-state index contributed by atoms with van der Waals surface area (Å²) < 4.78 is 6.50. The summed E-state index contributed by atoms with van der Waals surface area (Å²) in [6, 6.07) is 12.9. The lowest BCUT2D eigenvalue weighted by molar-refractivity contribution is -0.139. The number of carbonyl (C=O) groups is 2. The van der Waals surface area contributed by atoms with Crippen LogP contribution in [-0.4, -0.2) is 41.1 Å². The quantitative estimate of drug-likeness (QED) is 0.220. The van der Waals surface area contributed by atoms with Gasteiger partial charge in [0.2, 0.25) is 0 Å². The fourth-order valence-corrected chi connectivity index (χ4v) is 6.03. The number of amides is 1. The van der Waals surface area contributed by atoms with Crippen LogP contribution in [-0.2, 0) is 16.1 Å². The highest BCUT2D eigenvalue weighted by Crippen LogP contribution is 2.31. The molecule has 1 aliphatic rings. The molecule has 1 saturated carbocycles. The molecule has 6 heteroatoms. The van der Waals surface area contributed by atoms with Crippen LogP contribution in [0.2, 0.25) is 0 Å². The van der Waals surface area contributed by atoms with E-state index in [2.05, 4.69) is 12.2 Å². The van der Waals surface area contributed by atoms with Crippen LogP contribution in [0.15, 0.2) is 42.5 Å². The summed E-state index contributed by atoms with van der Waals surface area (Å²) in [7, 11) is 0. The van der Waals surface area contributed by atoms with E-state index in [4.69, 9.17) is 4.74 Å². The maximum atomic E-state index is 13.3. The topological polar surface area (TPSA) is 75.6 Å². The van der Waals surface area contributed by atoms with Gasteiger partial charge in [-0.15, -0.1) is 0 Å². The number of hydrogen-bond acceptors (Lipinski definition) is 4.